The fourth-order valence-corrected chi connectivity index (χ4v) is 4.16. The summed E-state index contributed by atoms with van der Waals surface area (Å²) in [5.41, 5.74) is 4.11. The molecule has 7 heteroatoms. The van der Waals surface area contributed by atoms with Crippen LogP contribution >= 0.6 is 0 Å². The van der Waals surface area contributed by atoms with E-state index in [0.717, 1.165) is 16.7 Å². The summed E-state index contributed by atoms with van der Waals surface area (Å²) in [5.74, 6) is 0.386. The zero-order valence-electron chi connectivity index (χ0n) is 18.7. The van der Waals surface area contributed by atoms with Crippen molar-refractivity contribution in [3.63, 3.8) is 0 Å². The lowest BCUT2D eigenvalue weighted by atomic mass is 10.1. The van der Waals surface area contributed by atoms with Gasteiger partial charge in [-0.2, -0.15) is 0 Å². The van der Waals surface area contributed by atoms with Crippen LogP contribution in [0.4, 0.5) is 11.4 Å². The molecule has 0 saturated carbocycles. The summed E-state index contributed by atoms with van der Waals surface area (Å²) in [6.45, 7) is 7.76. The van der Waals surface area contributed by atoms with Crippen molar-refractivity contribution >= 4 is 27.3 Å². The highest BCUT2D eigenvalue weighted by Crippen LogP contribution is 2.23. The van der Waals surface area contributed by atoms with E-state index in [0.29, 0.717) is 23.5 Å². The van der Waals surface area contributed by atoms with Crippen LogP contribution in [0.3, 0.4) is 0 Å². The number of aryl methyl sites for hydroxylation is 2. The number of rotatable bonds is 8. The summed E-state index contributed by atoms with van der Waals surface area (Å²) >= 11 is 0. The average molecular weight is 453 g/mol. The Bertz CT molecular complexity index is 1190. The first-order valence-electron chi connectivity index (χ1n) is 10.4. The molecular formula is C25H28N2O4S. The van der Waals surface area contributed by atoms with E-state index in [1.54, 1.807) is 24.3 Å². The van der Waals surface area contributed by atoms with Crippen molar-refractivity contribution in [2.75, 3.05) is 10.0 Å². The molecule has 3 aromatic rings. The maximum atomic E-state index is 12.7. The molecule has 3 aromatic carbocycles. The lowest BCUT2D eigenvalue weighted by Crippen LogP contribution is -2.32. The molecule has 3 rings (SSSR count). The van der Waals surface area contributed by atoms with Gasteiger partial charge in [0.15, 0.2) is 6.10 Å². The van der Waals surface area contributed by atoms with E-state index in [9.17, 15) is 13.2 Å². The first kappa shape index (κ1) is 23.3. The number of amides is 1. The second kappa shape index (κ2) is 9.87. The first-order chi connectivity index (χ1) is 15.2. The summed E-state index contributed by atoms with van der Waals surface area (Å²) in [6, 6.07) is 18.9. The number of sulfonamides is 1. The second-order valence-electron chi connectivity index (χ2n) is 7.70. The number of nitrogens with one attached hydrogen (secondary N) is 2. The van der Waals surface area contributed by atoms with Crippen LogP contribution < -0.4 is 14.8 Å². The normalized spacial score (nSPS) is 12.1. The second-order valence-corrected chi connectivity index (χ2v) is 9.38. The van der Waals surface area contributed by atoms with E-state index in [1.165, 1.54) is 12.1 Å². The smallest absolute Gasteiger partial charge is 0.265 e. The Labute approximate surface area is 189 Å². The first-order valence-corrected chi connectivity index (χ1v) is 11.9. The Morgan fingerprint density at radius 1 is 0.906 bits per heavy atom. The maximum absolute atomic E-state index is 12.7. The van der Waals surface area contributed by atoms with Crippen LogP contribution in [0.5, 0.6) is 5.75 Å². The quantitative estimate of drug-likeness (QED) is 0.491. The Hall–Kier alpha value is -3.32. The SMILES string of the molecule is CCC(Oc1cccc(C)c1C)C(=O)Nc1ccc(S(=O)(=O)Nc2ccc(C)cc2)cc1. The summed E-state index contributed by atoms with van der Waals surface area (Å²) in [5, 5.41) is 2.80. The van der Waals surface area contributed by atoms with Crippen LogP contribution in [0.15, 0.2) is 71.6 Å². The molecule has 0 aliphatic heterocycles. The fourth-order valence-electron chi connectivity index (χ4n) is 3.10. The summed E-state index contributed by atoms with van der Waals surface area (Å²) < 4.78 is 33.7. The largest absolute Gasteiger partial charge is 0.480 e. The van der Waals surface area contributed by atoms with Gasteiger partial charge in [-0.25, -0.2) is 8.42 Å². The number of benzene rings is 3. The summed E-state index contributed by atoms with van der Waals surface area (Å²) in [6.07, 6.45) is -0.172. The third-order valence-corrected chi connectivity index (χ3v) is 6.62. The van der Waals surface area contributed by atoms with Gasteiger partial charge in [0.1, 0.15) is 5.75 Å². The molecule has 0 radical (unpaired) electrons. The van der Waals surface area contributed by atoms with Gasteiger partial charge in [-0.3, -0.25) is 9.52 Å². The minimum absolute atomic E-state index is 0.106. The van der Waals surface area contributed by atoms with Gasteiger partial charge < -0.3 is 10.1 Å². The van der Waals surface area contributed by atoms with Crippen LogP contribution in [-0.4, -0.2) is 20.4 Å². The van der Waals surface area contributed by atoms with Crippen molar-refractivity contribution in [2.45, 2.75) is 45.1 Å². The van der Waals surface area contributed by atoms with E-state index in [-0.39, 0.29) is 10.8 Å². The van der Waals surface area contributed by atoms with Gasteiger partial charge in [0, 0.05) is 11.4 Å². The number of hydrogen-bond acceptors (Lipinski definition) is 4. The summed E-state index contributed by atoms with van der Waals surface area (Å²) in [7, 11) is -3.73. The van der Waals surface area contributed by atoms with Crippen molar-refractivity contribution in [1.82, 2.24) is 0 Å². The highest BCUT2D eigenvalue weighted by Gasteiger charge is 2.20. The van der Waals surface area contributed by atoms with Crippen LogP contribution in [-0.2, 0) is 14.8 Å². The van der Waals surface area contributed by atoms with Crippen LogP contribution in [0.25, 0.3) is 0 Å². The van der Waals surface area contributed by atoms with E-state index < -0.39 is 16.1 Å². The molecule has 0 aromatic heterocycles. The van der Waals surface area contributed by atoms with E-state index in [2.05, 4.69) is 10.0 Å². The molecule has 0 saturated heterocycles. The van der Waals surface area contributed by atoms with Crippen molar-refractivity contribution in [2.24, 2.45) is 0 Å². The van der Waals surface area contributed by atoms with E-state index in [4.69, 9.17) is 4.74 Å². The van der Waals surface area contributed by atoms with Crippen molar-refractivity contribution in [1.29, 1.82) is 0 Å². The molecule has 0 bridgehead atoms. The molecule has 0 aliphatic carbocycles. The molecule has 0 aliphatic rings. The van der Waals surface area contributed by atoms with Crippen molar-refractivity contribution in [3.8, 4) is 5.75 Å². The standard InChI is InChI=1S/C25H28N2O4S/c1-5-23(31-24-8-6-7-18(3)19(24)4)25(28)26-20-13-15-22(16-14-20)32(29,30)27-21-11-9-17(2)10-12-21/h6-16,23,27H,5H2,1-4H3,(H,26,28). The average Bonchev–Trinajstić information content (AvgIpc) is 2.76. The third-order valence-electron chi connectivity index (χ3n) is 5.22. The molecule has 1 unspecified atom stereocenters. The van der Waals surface area contributed by atoms with Crippen LogP contribution in [0, 0.1) is 20.8 Å². The number of ether oxygens (including phenoxy) is 1. The number of carbonyl (C=O) groups is 1. The molecular weight excluding hydrogens is 424 g/mol. The number of anilines is 2. The molecule has 2 N–H and O–H groups in total. The van der Waals surface area contributed by atoms with Gasteiger partial charge in [0.05, 0.1) is 4.90 Å². The van der Waals surface area contributed by atoms with Gasteiger partial charge in [0.2, 0.25) is 0 Å². The zero-order chi connectivity index (χ0) is 23.3. The lowest BCUT2D eigenvalue weighted by molar-refractivity contribution is -0.122. The molecule has 32 heavy (non-hydrogen) atoms. The molecule has 1 atom stereocenters. The Balaban J connectivity index is 1.67. The molecule has 0 fully saturated rings. The maximum Gasteiger partial charge on any atom is 0.265 e. The topological polar surface area (TPSA) is 84.5 Å². The minimum atomic E-state index is -3.73. The monoisotopic (exact) mass is 452 g/mol. The fraction of sp³-hybridized carbons (Fsp3) is 0.240. The van der Waals surface area contributed by atoms with Gasteiger partial charge in [0.25, 0.3) is 15.9 Å². The van der Waals surface area contributed by atoms with E-state index >= 15 is 0 Å². The molecule has 0 spiro atoms. The van der Waals surface area contributed by atoms with Gasteiger partial charge >= 0.3 is 0 Å². The Morgan fingerprint density at radius 3 is 2.16 bits per heavy atom. The predicted molar refractivity (Wildman–Crippen MR) is 128 cm³/mol. The number of hydrogen-bond donors (Lipinski definition) is 2. The Kier molecular flexibility index (Phi) is 7.20. The number of carbonyl (C=O) groups excluding carboxylic acids is 1. The van der Waals surface area contributed by atoms with Crippen LogP contribution in [0.1, 0.15) is 30.0 Å². The predicted octanol–water partition coefficient (Wildman–Crippen LogP) is 5.21. The lowest BCUT2D eigenvalue weighted by Gasteiger charge is -2.19. The van der Waals surface area contributed by atoms with E-state index in [1.807, 2.05) is 58.0 Å². The van der Waals surface area contributed by atoms with Crippen molar-refractivity contribution in [3.05, 3.63) is 83.4 Å². The molecule has 1 amide bonds. The third kappa shape index (κ3) is 5.68. The van der Waals surface area contributed by atoms with Gasteiger partial charge in [-0.1, -0.05) is 36.8 Å². The van der Waals surface area contributed by atoms with Crippen molar-refractivity contribution < 1.29 is 17.9 Å². The minimum Gasteiger partial charge on any atom is -0.480 e. The van der Waals surface area contributed by atoms with Crippen LogP contribution in [0.2, 0.25) is 0 Å². The molecule has 0 heterocycles. The zero-order valence-corrected chi connectivity index (χ0v) is 19.5. The van der Waals surface area contributed by atoms with Gasteiger partial charge in [-0.15, -0.1) is 0 Å². The molecule has 6 nitrogen and oxygen atoms in total. The highest BCUT2D eigenvalue weighted by molar-refractivity contribution is 7.92. The Morgan fingerprint density at radius 2 is 1.53 bits per heavy atom. The van der Waals surface area contributed by atoms with Gasteiger partial charge in [-0.05, 0) is 80.8 Å². The summed E-state index contributed by atoms with van der Waals surface area (Å²) in [4.78, 5) is 12.8. The molecule has 168 valence electrons. The highest BCUT2D eigenvalue weighted by atomic mass is 32.2.